The van der Waals surface area contributed by atoms with Crippen LogP contribution >= 0.6 is 0 Å². The van der Waals surface area contributed by atoms with Crippen LogP contribution in [0.3, 0.4) is 0 Å². The fourth-order valence-electron chi connectivity index (χ4n) is 2.09. The zero-order valence-corrected chi connectivity index (χ0v) is 11.6. The smallest absolute Gasteiger partial charge is 0.416 e. The summed E-state index contributed by atoms with van der Waals surface area (Å²) in [7, 11) is 0. The molecule has 0 aliphatic rings. The van der Waals surface area contributed by atoms with E-state index < -0.39 is 23.3 Å². The second-order valence-electron chi connectivity index (χ2n) is 4.79. The summed E-state index contributed by atoms with van der Waals surface area (Å²) in [5.41, 5.74) is -0.215. The molecule has 1 aromatic carbocycles. The highest BCUT2D eigenvalue weighted by Crippen LogP contribution is 2.29. The van der Waals surface area contributed by atoms with Crippen LogP contribution in [0.2, 0.25) is 0 Å². The van der Waals surface area contributed by atoms with Crippen molar-refractivity contribution in [1.82, 2.24) is 9.78 Å². The average Bonchev–Trinajstić information content (AvgIpc) is 2.71. The molecule has 0 bridgehead atoms. The number of aromatic amines is 1. The van der Waals surface area contributed by atoms with Crippen LogP contribution in [0.1, 0.15) is 23.2 Å². The van der Waals surface area contributed by atoms with Crippen molar-refractivity contribution in [2.75, 3.05) is 0 Å². The highest BCUT2D eigenvalue weighted by atomic mass is 19.4. The van der Waals surface area contributed by atoms with Crippen LogP contribution in [-0.2, 0) is 17.4 Å². The number of rotatable bonds is 4. The van der Waals surface area contributed by atoms with Crippen molar-refractivity contribution in [3.63, 3.8) is 0 Å². The molecule has 8 heteroatoms. The van der Waals surface area contributed by atoms with E-state index in [1.165, 1.54) is 12.1 Å². The predicted octanol–water partition coefficient (Wildman–Crippen LogP) is 2.51. The van der Waals surface area contributed by atoms with E-state index in [9.17, 15) is 22.8 Å². The molecule has 1 heterocycles. The summed E-state index contributed by atoms with van der Waals surface area (Å²) >= 11 is 0. The Morgan fingerprint density at radius 2 is 1.86 bits per heavy atom. The first-order valence-corrected chi connectivity index (χ1v) is 6.40. The van der Waals surface area contributed by atoms with Gasteiger partial charge in [-0.05, 0) is 37.6 Å². The van der Waals surface area contributed by atoms with Crippen molar-refractivity contribution in [1.29, 1.82) is 0 Å². The minimum atomic E-state index is -4.44. The molecule has 0 saturated heterocycles. The van der Waals surface area contributed by atoms with Crippen LogP contribution in [0.5, 0.6) is 0 Å². The van der Waals surface area contributed by atoms with E-state index in [2.05, 4.69) is 5.10 Å². The molecule has 0 aliphatic carbocycles. The van der Waals surface area contributed by atoms with Crippen molar-refractivity contribution < 1.29 is 23.1 Å². The molecule has 0 spiro atoms. The van der Waals surface area contributed by atoms with Gasteiger partial charge in [0.2, 0.25) is 0 Å². The summed E-state index contributed by atoms with van der Waals surface area (Å²) in [5.74, 6) is -1.03. The van der Waals surface area contributed by atoms with Crippen LogP contribution in [0.4, 0.5) is 13.2 Å². The van der Waals surface area contributed by atoms with E-state index in [1.807, 2.05) is 0 Å². The first kappa shape index (κ1) is 15.9. The number of aryl methyl sites for hydroxylation is 1. The normalized spacial score (nSPS) is 11.6. The van der Waals surface area contributed by atoms with Gasteiger partial charge in [-0.15, -0.1) is 0 Å². The third-order valence-electron chi connectivity index (χ3n) is 3.24. The number of alkyl halides is 3. The summed E-state index contributed by atoms with van der Waals surface area (Å²) in [5, 5.41) is 11.4. The fraction of sp³-hybridized carbons (Fsp3) is 0.286. The summed E-state index contributed by atoms with van der Waals surface area (Å²) in [6.07, 6.45) is -4.58. The van der Waals surface area contributed by atoms with E-state index in [1.54, 1.807) is 6.92 Å². The summed E-state index contributed by atoms with van der Waals surface area (Å²) in [6, 6.07) is 4.13. The number of hydrogen-bond donors (Lipinski definition) is 2. The molecule has 2 rings (SSSR count). The third-order valence-corrected chi connectivity index (χ3v) is 3.24. The van der Waals surface area contributed by atoms with Crippen LogP contribution < -0.4 is 5.56 Å². The van der Waals surface area contributed by atoms with Gasteiger partial charge in [0.25, 0.3) is 5.56 Å². The van der Waals surface area contributed by atoms with Gasteiger partial charge in [0.15, 0.2) is 0 Å². The fourth-order valence-corrected chi connectivity index (χ4v) is 2.09. The van der Waals surface area contributed by atoms with E-state index >= 15 is 0 Å². The highest BCUT2D eigenvalue weighted by Gasteiger charge is 2.30. The maximum absolute atomic E-state index is 12.5. The first-order valence-electron chi connectivity index (χ1n) is 6.40. The summed E-state index contributed by atoms with van der Waals surface area (Å²) < 4.78 is 38.6. The number of carboxylic acids is 1. The van der Waals surface area contributed by atoms with Crippen molar-refractivity contribution in [2.45, 2.75) is 25.9 Å². The number of carbonyl (C=O) groups is 1. The molecule has 0 fully saturated rings. The van der Waals surface area contributed by atoms with Gasteiger partial charge in [-0.2, -0.15) is 13.2 Å². The zero-order valence-electron chi connectivity index (χ0n) is 11.6. The maximum atomic E-state index is 12.5. The molecule has 0 unspecified atom stereocenters. The molecule has 0 atom stereocenters. The van der Waals surface area contributed by atoms with Crippen molar-refractivity contribution in [3.8, 4) is 5.69 Å². The Bertz CT molecular complexity index is 742. The molecule has 0 amide bonds. The van der Waals surface area contributed by atoms with E-state index in [0.29, 0.717) is 11.3 Å². The lowest BCUT2D eigenvalue weighted by molar-refractivity contribution is -0.138. The Kier molecular flexibility index (Phi) is 4.11. The molecule has 1 aromatic heterocycles. The van der Waals surface area contributed by atoms with Gasteiger partial charge in [0, 0.05) is 17.7 Å². The molecule has 22 heavy (non-hydrogen) atoms. The van der Waals surface area contributed by atoms with Crippen LogP contribution in [-0.4, -0.2) is 20.9 Å². The quantitative estimate of drug-likeness (QED) is 0.910. The topological polar surface area (TPSA) is 75.1 Å². The Morgan fingerprint density at radius 3 is 2.36 bits per heavy atom. The van der Waals surface area contributed by atoms with Crippen LogP contribution in [0.15, 0.2) is 29.1 Å². The molecule has 0 aliphatic heterocycles. The van der Waals surface area contributed by atoms with E-state index in [0.717, 1.165) is 16.8 Å². The first-order chi connectivity index (χ1) is 10.2. The van der Waals surface area contributed by atoms with Gasteiger partial charge < -0.3 is 5.11 Å². The monoisotopic (exact) mass is 314 g/mol. The van der Waals surface area contributed by atoms with Crippen molar-refractivity contribution >= 4 is 5.97 Å². The number of aromatic nitrogens is 2. The van der Waals surface area contributed by atoms with Gasteiger partial charge in [0.1, 0.15) is 0 Å². The number of halogens is 3. The van der Waals surface area contributed by atoms with Crippen LogP contribution in [0, 0.1) is 6.92 Å². The molecule has 2 aromatic rings. The molecular formula is C14H13F3N2O3. The number of nitrogens with one attached hydrogen (secondary N) is 1. The number of aliphatic carboxylic acids is 1. The Morgan fingerprint density at radius 1 is 1.27 bits per heavy atom. The van der Waals surface area contributed by atoms with Crippen molar-refractivity contribution in [2.24, 2.45) is 0 Å². The number of H-pyrrole nitrogens is 1. The standard InChI is InChI=1S/C14H13F3N2O3/c1-8-11(6-7-12(20)21)13(22)19(18-8)10-4-2-9(3-5-10)14(15,16)17/h2-5,18H,6-7H2,1H3,(H,20,21). The van der Waals surface area contributed by atoms with Gasteiger partial charge in [-0.3, -0.25) is 14.7 Å². The second kappa shape index (κ2) is 5.70. The molecule has 0 saturated carbocycles. The number of nitrogens with zero attached hydrogens (tertiary/aromatic N) is 1. The second-order valence-corrected chi connectivity index (χ2v) is 4.79. The zero-order chi connectivity index (χ0) is 16.5. The highest BCUT2D eigenvalue weighted by molar-refractivity contribution is 5.67. The van der Waals surface area contributed by atoms with Gasteiger partial charge >= 0.3 is 12.1 Å². The molecule has 2 N–H and O–H groups in total. The molecule has 5 nitrogen and oxygen atoms in total. The molecule has 118 valence electrons. The number of benzene rings is 1. The molecular weight excluding hydrogens is 301 g/mol. The Balaban J connectivity index is 2.36. The van der Waals surface area contributed by atoms with Gasteiger partial charge in [0.05, 0.1) is 11.3 Å². The Labute approximate surface area is 123 Å². The summed E-state index contributed by atoms with van der Waals surface area (Å²) in [6.45, 7) is 1.61. The largest absolute Gasteiger partial charge is 0.481 e. The van der Waals surface area contributed by atoms with E-state index in [4.69, 9.17) is 5.11 Å². The molecule has 0 radical (unpaired) electrons. The minimum absolute atomic E-state index is 0.0597. The number of hydrogen-bond acceptors (Lipinski definition) is 2. The lowest BCUT2D eigenvalue weighted by Crippen LogP contribution is -2.18. The lowest BCUT2D eigenvalue weighted by atomic mass is 10.1. The number of carboxylic acid groups (broad SMARTS) is 1. The van der Waals surface area contributed by atoms with Crippen LogP contribution in [0.25, 0.3) is 5.69 Å². The van der Waals surface area contributed by atoms with Gasteiger partial charge in [-0.1, -0.05) is 0 Å². The third kappa shape index (κ3) is 3.21. The maximum Gasteiger partial charge on any atom is 0.416 e. The van der Waals surface area contributed by atoms with Gasteiger partial charge in [-0.25, -0.2) is 4.68 Å². The Hall–Kier alpha value is -2.51. The van der Waals surface area contributed by atoms with E-state index in [-0.39, 0.29) is 18.5 Å². The average molecular weight is 314 g/mol. The lowest BCUT2D eigenvalue weighted by Gasteiger charge is -2.07. The van der Waals surface area contributed by atoms with Crippen molar-refractivity contribution in [3.05, 3.63) is 51.4 Å². The summed E-state index contributed by atoms with van der Waals surface area (Å²) in [4.78, 5) is 22.8. The SMILES string of the molecule is Cc1[nH]n(-c2ccc(C(F)(F)F)cc2)c(=O)c1CCC(=O)O. The minimum Gasteiger partial charge on any atom is -0.481 e. The predicted molar refractivity (Wildman–Crippen MR) is 72.1 cm³/mol.